The molecule has 2 aromatic rings. The lowest BCUT2D eigenvalue weighted by molar-refractivity contribution is 0.262. The number of aromatic nitrogens is 1. The molecule has 94 valence electrons. The number of nitrogens with zero attached hydrogens (tertiary/aromatic N) is 2. The zero-order chi connectivity index (χ0) is 13.7. The van der Waals surface area contributed by atoms with E-state index in [2.05, 4.69) is 15.6 Å². The second-order valence-electron chi connectivity index (χ2n) is 3.99. The molecule has 1 heterocycles. The smallest absolute Gasteiger partial charge is 0.308 e. The zero-order valence-corrected chi connectivity index (χ0v) is 10.3. The number of amides is 2. The van der Waals surface area contributed by atoms with Crippen molar-refractivity contribution in [1.29, 1.82) is 5.26 Å². The molecule has 2 rings (SSSR count). The third kappa shape index (κ3) is 3.54. The van der Waals surface area contributed by atoms with Crippen molar-refractivity contribution in [1.82, 2.24) is 4.98 Å². The number of urea groups is 1. The molecule has 0 fully saturated rings. The van der Waals surface area contributed by atoms with Crippen LogP contribution in [0, 0.1) is 18.3 Å². The number of rotatable bonds is 2. The lowest BCUT2D eigenvalue weighted by Crippen LogP contribution is -2.19. The molecule has 0 aliphatic rings. The van der Waals surface area contributed by atoms with Crippen LogP contribution in [-0.4, -0.2) is 11.0 Å². The predicted molar refractivity (Wildman–Crippen MR) is 72.8 cm³/mol. The molecule has 5 nitrogen and oxygen atoms in total. The van der Waals surface area contributed by atoms with Crippen molar-refractivity contribution in [3.63, 3.8) is 0 Å². The standard InChI is InChI=1S/C14H12N4O/c1-10-2-5-12(6-3-10)17-14(19)18-13-7-4-11(8-15)9-16-13/h2-7,9H,1H3,(H2,16,17,18,19). The minimum absolute atomic E-state index is 0.374. The molecule has 1 aromatic carbocycles. The maximum atomic E-state index is 11.7. The average molecular weight is 252 g/mol. The van der Waals surface area contributed by atoms with Gasteiger partial charge in [-0.05, 0) is 31.2 Å². The Hall–Kier alpha value is -2.87. The zero-order valence-electron chi connectivity index (χ0n) is 10.3. The number of nitrogens with one attached hydrogen (secondary N) is 2. The molecule has 0 spiro atoms. The van der Waals surface area contributed by atoms with Crippen LogP contribution >= 0.6 is 0 Å². The predicted octanol–water partition coefficient (Wildman–Crippen LogP) is 2.91. The molecule has 2 amide bonds. The highest BCUT2D eigenvalue weighted by Crippen LogP contribution is 2.10. The summed E-state index contributed by atoms with van der Waals surface area (Å²) in [6.45, 7) is 1.98. The van der Waals surface area contributed by atoms with Gasteiger partial charge < -0.3 is 5.32 Å². The van der Waals surface area contributed by atoms with Gasteiger partial charge in [-0.1, -0.05) is 17.7 Å². The van der Waals surface area contributed by atoms with Gasteiger partial charge in [-0.2, -0.15) is 5.26 Å². The fourth-order valence-electron chi connectivity index (χ4n) is 1.45. The summed E-state index contributed by atoms with van der Waals surface area (Å²) >= 11 is 0. The Morgan fingerprint density at radius 2 is 1.89 bits per heavy atom. The van der Waals surface area contributed by atoms with Crippen molar-refractivity contribution in [3.05, 3.63) is 53.7 Å². The SMILES string of the molecule is Cc1ccc(NC(=O)Nc2ccc(C#N)cn2)cc1. The van der Waals surface area contributed by atoms with Crippen LogP contribution in [0.1, 0.15) is 11.1 Å². The van der Waals surface area contributed by atoms with Gasteiger partial charge in [0.15, 0.2) is 0 Å². The van der Waals surface area contributed by atoms with E-state index in [-0.39, 0.29) is 6.03 Å². The van der Waals surface area contributed by atoms with Gasteiger partial charge in [0, 0.05) is 11.9 Å². The monoisotopic (exact) mass is 252 g/mol. The van der Waals surface area contributed by atoms with E-state index in [1.165, 1.54) is 6.20 Å². The summed E-state index contributed by atoms with van der Waals surface area (Å²) in [4.78, 5) is 15.6. The van der Waals surface area contributed by atoms with E-state index < -0.39 is 0 Å². The summed E-state index contributed by atoms with van der Waals surface area (Å²) in [5.74, 6) is 0.392. The Kier molecular flexibility index (Phi) is 3.74. The molecule has 0 aliphatic heterocycles. The van der Waals surface area contributed by atoms with Gasteiger partial charge in [-0.15, -0.1) is 0 Å². The second-order valence-corrected chi connectivity index (χ2v) is 3.99. The molecular formula is C14H12N4O. The highest BCUT2D eigenvalue weighted by Gasteiger charge is 2.03. The maximum absolute atomic E-state index is 11.7. The van der Waals surface area contributed by atoms with Crippen LogP contribution < -0.4 is 10.6 Å². The molecule has 0 bridgehead atoms. The molecule has 19 heavy (non-hydrogen) atoms. The van der Waals surface area contributed by atoms with Crippen LogP contribution in [0.4, 0.5) is 16.3 Å². The molecule has 0 unspecified atom stereocenters. The summed E-state index contributed by atoms with van der Waals surface area (Å²) in [7, 11) is 0. The first-order valence-electron chi connectivity index (χ1n) is 5.68. The Balaban J connectivity index is 1.97. The first-order chi connectivity index (χ1) is 9.17. The van der Waals surface area contributed by atoms with Crippen LogP contribution in [0.2, 0.25) is 0 Å². The van der Waals surface area contributed by atoms with Crippen molar-refractivity contribution >= 4 is 17.5 Å². The third-order valence-electron chi connectivity index (χ3n) is 2.44. The number of nitriles is 1. The Labute approximate surface area is 110 Å². The molecule has 5 heteroatoms. The van der Waals surface area contributed by atoms with E-state index in [1.54, 1.807) is 12.1 Å². The van der Waals surface area contributed by atoms with Gasteiger partial charge in [0.1, 0.15) is 11.9 Å². The van der Waals surface area contributed by atoms with Crippen molar-refractivity contribution < 1.29 is 4.79 Å². The summed E-state index contributed by atoms with van der Waals surface area (Å²) in [6, 6.07) is 12.2. The number of pyridine rings is 1. The minimum Gasteiger partial charge on any atom is -0.308 e. The largest absolute Gasteiger partial charge is 0.324 e. The van der Waals surface area contributed by atoms with Gasteiger partial charge in [0.05, 0.1) is 5.56 Å². The molecule has 0 saturated carbocycles. The van der Waals surface area contributed by atoms with Crippen LogP contribution in [0.3, 0.4) is 0 Å². The van der Waals surface area contributed by atoms with Crippen LogP contribution in [0.25, 0.3) is 0 Å². The summed E-state index contributed by atoms with van der Waals surface area (Å²) in [6.07, 6.45) is 1.40. The molecule has 2 N–H and O–H groups in total. The highest BCUT2D eigenvalue weighted by molar-refractivity contribution is 5.99. The van der Waals surface area contributed by atoms with E-state index in [9.17, 15) is 4.79 Å². The van der Waals surface area contributed by atoms with Crippen molar-refractivity contribution in [2.75, 3.05) is 10.6 Å². The molecule has 0 saturated heterocycles. The van der Waals surface area contributed by atoms with Crippen molar-refractivity contribution in [3.8, 4) is 6.07 Å². The fourth-order valence-corrected chi connectivity index (χ4v) is 1.45. The number of aryl methyl sites for hydroxylation is 1. The summed E-state index contributed by atoms with van der Waals surface area (Å²) in [5.41, 5.74) is 2.28. The summed E-state index contributed by atoms with van der Waals surface area (Å²) < 4.78 is 0. The van der Waals surface area contributed by atoms with E-state index in [0.29, 0.717) is 17.1 Å². The van der Waals surface area contributed by atoms with Gasteiger partial charge in [0.25, 0.3) is 0 Å². The van der Waals surface area contributed by atoms with E-state index >= 15 is 0 Å². The fraction of sp³-hybridized carbons (Fsp3) is 0.0714. The Morgan fingerprint density at radius 1 is 1.16 bits per heavy atom. The van der Waals surface area contributed by atoms with Crippen molar-refractivity contribution in [2.24, 2.45) is 0 Å². The van der Waals surface area contributed by atoms with E-state index in [4.69, 9.17) is 5.26 Å². The summed E-state index contributed by atoms with van der Waals surface area (Å²) in [5, 5.41) is 13.9. The Morgan fingerprint density at radius 3 is 2.47 bits per heavy atom. The number of hydrogen-bond donors (Lipinski definition) is 2. The number of carbonyl (C=O) groups is 1. The molecular weight excluding hydrogens is 240 g/mol. The third-order valence-corrected chi connectivity index (χ3v) is 2.44. The molecule has 0 aliphatic carbocycles. The first kappa shape index (κ1) is 12.6. The van der Waals surface area contributed by atoms with Crippen LogP contribution in [-0.2, 0) is 0 Å². The lowest BCUT2D eigenvalue weighted by atomic mass is 10.2. The first-order valence-corrected chi connectivity index (χ1v) is 5.68. The van der Waals surface area contributed by atoms with Gasteiger partial charge >= 0.3 is 6.03 Å². The number of carbonyl (C=O) groups excluding carboxylic acids is 1. The lowest BCUT2D eigenvalue weighted by Gasteiger charge is -2.07. The second kappa shape index (κ2) is 5.65. The van der Waals surface area contributed by atoms with E-state index in [0.717, 1.165) is 5.56 Å². The molecule has 0 radical (unpaired) electrons. The highest BCUT2D eigenvalue weighted by atomic mass is 16.2. The van der Waals surface area contributed by atoms with Gasteiger partial charge in [-0.25, -0.2) is 9.78 Å². The average Bonchev–Trinajstić information content (AvgIpc) is 2.42. The topological polar surface area (TPSA) is 77.8 Å². The number of benzene rings is 1. The number of anilines is 2. The number of hydrogen-bond acceptors (Lipinski definition) is 3. The molecule has 0 atom stereocenters. The normalized spacial score (nSPS) is 9.47. The minimum atomic E-state index is -0.374. The van der Waals surface area contributed by atoms with Crippen LogP contribution in [0.5, 0.6) is 0 Å². The maximum Gasteiger partial charge on any atom is 0.324 e. The molecule has 1 aromatic heterocycles. The van der Waals surface area contributed by atoms with Gasteiger partial charge in [-0.3, -0.25) is 5.32 Å². The van der Waals surface area contributed by atoms with Crippen LogP contribution in [0.15, 0.2) is 42.6 Å². The van der Waals surface area contributed by atoms with E-state index in [1.807, 2.05) is 37.3 Å². The van der Waals surface area contributed by atoms with Crippen molar-refractivity contribution in [2.45, 2.75) is 6.92 Å². The van der Waals surface area contributed by atoms with Gasteiger partial charge in [0.2, 0.25) is 0 Å². The quantitative estimate of drug-likeness (QED) is 0.862. The Bertz CT molecular complexity index is 611.